The Bertz CT molecular complexity index is 823. The normalized spacial score (nSPS) is 18.2. The molecule has 1 aliphatic heterocycles. The highest BCUT2D eigenvalue weighted by Gasteiger charge is 2.26. The minimum Gasteiger partial charge on any atom is -0.311 e. The predicted molar refractivity (Wildman–Crippen MR) is 96.0 cm³/mol. The third-order valence-corrected chi connectivity index (χ3v) is 4.73. The number of H-pyrrole nitrogens is 1. The first-order valence-corrected chi connectivity index (χ1v) is 8.67. The molecule has 0 unspecified atom stereocenters. The molecule has 0 amide bonds. The molecule has 2 aromatic rings. The van der Waals surface area contributed by atoms with E-state index in [1.165, 1.54) is 10.6 Å². The number of aromatic nitrogens is 2. The van der Waals surface area contributed by atoms with Crippen molar-refractivity contribution in [3.8, 4) is 0 Å². The highest BCUT2D eigenvalue weighted by atomic mass is 16.2. The number of carbonyl (C=O) groups is 1. The summed E-state index contributed by atoms with van der Waals surface area (Å²) in [6.07, 6.45) is 1.83. The molecule has 0 aliphatic carbocycles. The van der Waals surface area contributed by atoms with Crippen LogP contribution in [0.2, 0.25) is 0 Å². The van der Waals surface area contributed by atoms with E-state index in [-0.39, 0.29) is 23.0 Å². The zero-order valence-corrected chi connectivity index (χ0v) is 14.4. The summed E-state index contributed by atoms with van der Waals surface area (Å²) in [5.41, 5.74) is 0.660. The Morgan fingerprint density at radius 2 is 1.96 bits per heavy atom. The van der Waals surface area contributed by atoms with E-state index >= 15 is 0 Å². The molecule has 1 saturated heterocycles. The van der Waals surface area contributed by atoms with Gasteiger partial charge < -0.3 is 9.88 Å². The smallest absolute Gasteiger partial charge is 0.311 e. The third-order valence-electron chi connectivity index (χ3n) is 4.73. The lowest BCUT2D eigenvalue weighted by molar-refractivity contribution is 0.0815. The highest BCUT2D eigenvalue weighted by molar-refractivity contribution is 5.98. The second-order valence-electron chi connectivity index (χ2n) is 6.62. The van der Waals surface area contributed by atoms with Crippen molar-refractivity contribution in [3.63, 3.8) is 0 Å². The van der Waals surface area contributed by atoms with E-state index in [0.29, 0.717) is 25.3 Å². The van der Waals surface area contributed by atoms with E-state index in [4.69, 9.17) is 0 Å². The summed E-state index contributed by atoms with van der Waals surface area (Å²) in [5.74, 6) is 0.153. The van der Waals surface area contributed by atoms with Crippen LogP contribution in [0.4, 0.5) is 0 Å². The van der Waals surface area contributed by atoms with Crippen molar-refractivity contribution in [1.82, 2.24) is 14.5 Å². The van der Waals surface area contributed by atoms with Gasteiger partial charge in [0.25, 0.3) is 5.56 Å². The standard InChI is InChI=1S/C19H23N3O3/c1-14-12-17(23)22(19(25)20-14)11-10-21-9-5-8-16(13-21)18(24)15-6-3-2-4-7-15/h2-4,6-7,12,16H,5,8-11,13H2,1H3,(H,20,25)/t16-/m1/s1. The molecule has 0 radical (unpaired) electrons. The predicted octanol–water partition coefficient (Wildman–Crippen LogP) is 1.44. The van der Waals surface area contributed by atoms with Crippen LogP contribution in [0.3, 0.4) is 0 Å². The lowest BCUT2D eigenvalue weighted by Gasteiger charge is -2.32. The van der Waals surface area contributed by atoms with Gasteiger partial charge in [0, 0.05) is 42.9 Å². The van der Waals surface area contributed by atoms with Crippen LogP contribution >= 0.6 is 0 Å². The number of ketones is 1. The monoisotopic (exact) mass is 341 g/mol. The fourth-order valence-electron chi connectivity index (χ4n) is 3.40. The molecule has 1 aliphatic rings. The van der Waals surface area contributed by atoms with E-state index in [9.17, 15) is 14.4 Å². The van der Waals surface area contributed by atoms with Crippen molar-refractivity contribution >= 4 is 5.78 Å². The minimum atomic E-state index is -0.376. The van der Waals surface area contributed by atoms with Gasteiger partial charge in [-0.3, -0.25) is 14.2 Å². The number of likely N-dealkylation sites (tertiary alicyclic amines) is 1. The van der Waals surface area contributed by atoms with Crippen LogP contribution in [0.15, 0.2) is 46.0 Å². The van der Waals surface area contributed by atoms with Gasteiger partial charge in [-0.1, -0.05) is 30.3 Å². The maximum Gasteiger partial charge on any atom is 0.328 e. The first-order valence-electron chi connectivity index (χ1n) is 8.67. The molecule has 2 heterocycles. The van der Waals surface area contributed by atoms with Crippen LogP contribution < -0.4 is 11.2 Å². The summed E-state index contributed by atoms with van der Waals surface area (Å²) < 4.78 is 1.22. The summed E-state index contributed by atoms with van der Waals surface area (Å²) in [7, 11) is 0. The molecule has 1 atom stereocenters. The average molecular weight is 341 g/mol. The van der Waals surface area contributed by atoms with Crippen LogP contribution in [-0.2, 0) is 6.54 Å². The minimum absolute atomic E-state index is 0.0239. The van der Waals surface area contributed by atoms with Gasteiger partial charge in [0.2, 0.25) is 0 Å². The number of Topliss-reactive ketones (excluding diaryl/α,β-unsaturated/α-hetero) is 1. The molecule has 1 N–H and O–H groups in total. The zero-order chi connectivity index (χ0) is 17.8. The molecule has 1 aromatic carbocycles. The van der Waals surface area contributed by atoms with Crippen LogP contribution in [0.5, 0.6) is 0 Å². The van der Waals surface area contributed by atoms with Crippen molar-refractivity contribution in [1.29, 1.82) is 0 Å². The second kappa shape index (κ2) is 7.61. The largest absolute Gasteiger partial charge is 0.328 e. The number of hydrogen-bond acceptors (Lipinski definition) is 4. The van der Waals surface area contributed by atoms with E-state index in [0.717, 1.165) is 24.9 Å². The summed E-state index contributed by atoms with van der Waals surface area (Å²) >= 11 is 0. The molecule has 132 valence electrons. The maximum atomic E-state index is 12.6. The van der Waals surface area contributed by atoms with Gasteiger partial charge >= 0.3 is 5.69 Å². The zero-order valence-electron chi connectivity index (χ0n) is 14.4. The number of piperidine rings is 1. The fraction of sp³-hybridized carbons (Fsp3) is 0.421. The van der Waals surface area contributed by atoms with Crippen molar-refractivity contribution < 1.29 is 4.79 Å². The topological polar surface area (TPSA) is 75.2 Å². The fourth-order valence-corrected chi connectivity index (χ4v) is 3.40. The van der Waals surface area contributed by atoms with Crippen LogP contribution in [0, 0.1) is 12.8 Å². The lowest BCUT2D eigenvalue weighted by Crippen LogP contribution is -2.43. The Morgan fingerprint density at radius 1 is 1.20 bits per heavy atom. The van der Waals surface area contributed by atoms with E-state index in [1.807, 2.05) is 30.3 Å². The molecule has 0 bridgehead atoms. The molecular formula is C19H23N3O3. The third kappa shape index (κ3) is 4.14. The van der Waals surface area contributed by atoms with Gasteiger partial charge in [-0.15, -0.1) is 0 Å². The lowest BCUT2D eigenvalue weighted by atomic mass is 9.90. The van der Waals surface area contributed by atoms with Gasteiger partial charge in [-0.25, -0.2) is 4.79 Å². The molecule has 0 spiro atoms. The van der Waals surface area contributed by atoms with Crippen LogP contribution in [0.1, 0.15) is 28.9 Å². The summed E-state index contributed by atoms with van der Waals surface area (Å²) in [5, 5.41) is 0. The second-order valence-corrected chi connectivity index (χ2v) is 6.62. The Morgan fingerprint density at radius 3 is 2.68 bits per heavy atom. The molecule has 6 heteroatoms. The van der Waals surface area contributed by atoms with Crippen LogP contribution in [0.25, 0.3) is 0 Å². The SMILES string of the molecule is Cc1cc(=O)n(CCN2CCC[C@@H](C(=O)c3ccccc3)C2)c(=O)[nH]1. The van der Waals surface area contributed by atoms with Crippen molar-refractivity contribution in [3.05, 3.63) is 68.5 Å². The Hall–Kier alpha value is -2.47. The molecule has 3 rings (SSSR count). The quantitative estimate of drug-likeness (QED) is 0.835. The summed E-state index contributed by atoms with van der Waals surface area (Å²) in [4.78, 5) is 41.3. The molecule has 1 fully saturated rings. The number of aromatic amines is 1. The number of rotatable bonds is 5. The van der Waals surface area contributed by atoms with Gasteiger partial charge in [0.05, 0.1) is 0 Å². The molecule has 6 nitrogen and oxygen atoms in total. The number of nitrogens with one attached hydrogen (secondary N) is 1. The van der Waals surface area contributed by atoms with E-state index in [2.05, 4.69) is 9.88 Å². The van der Waals surface area contributed by atoms with Gasteiger partial charge in [-0.05, 0) is 26.3 Å². The number of hydrogen-bond donors (Lipinski definition) is 1. The number of nitrogens with zero attached hydrogens (tertiary/aromatic N) is 2. The molecular weight excluding hydrogens is 318 g/mol. The molecule has 25 heavy (non-hydrogen) atoms. The van der Waals surface area contributed by atoms with E-state index < -0.39 is 0 Å². The number of carbonyl (C=O) groups excluding carboxylic acids is 1. The Kier molecular flexibility index (Phi) is 5.28. The number of benzene rings is 1. The van der Waals surface area contributed by atoms with Gasteiger partial charge in [0.15, 0.2) is 5.78 Å². The summed E-state index contributed by atoms with van der Waals surface area (Å²) in [6.45, 7) is 4.17. The van der Waals surface area contributed by atoms with Crippen LogP contribution in [-0.4, -0.2) is 39.9 Å². The van der Waals surface area contributed by atoms with Crippen molar-refractivity contribution in [2.24, 2.45) is 5.92 Å². The van der Waals surface area contributed by atoms with Gasteiger partial charge in [-0.2, -0.15) is 0 Å². The molecule has 1 aromatic heterocycles. The summed E-state index contributed by atoms with van der Waals surface area (Å²) in [6, 6.07) is 10.8. The highest BCUT2D eigenvalue weighted by Crippen LogP contribution is 2.20. The molecule has 0 saturated carbocycles. The first-order chi connectivity index (χ1) is 12.0. The Balaban J connectivity index is 1.64. The average Bonchev–Trinajstić information content (AvgIpc) is 2.61. The Labute approximate surface area is 146 Å². The van der Waals surface area contributed by atoms with Crippen molar-refractivity contribution in [2.45, 2.75) is 26.3 Å². The van der Waals surface area contributed by atoms with Gasteiger partial charge in [0.1, 0.15) is 0 Å². The van der Waals surface area contributed by atoms with Crippen molar-refractivity contribution in [2.75, 3.05) is 19.6 Å². The van der Waals surface area contributed by atoms with E-state index in [1.54, 1.807) is 6.92 Å². The first kappa shape index (κ1) is 17.4. The number of aryl methyl sites for hydroxylation is 1. The maximum absolute atomic E-state index is 12.6.